The molecule has 1 aliphatic carbocycles. The van der Waals surface area contributed by atoms with Crippen molar-refractivity contribution >= 4 is 0 Å². The lowest BCUT2D eigenvalue weighted by Gasteiger charge is -2.39. The fourth-order valence-corrected chi connectivity index (χ4v) is 2.94. The van der Waals surface area contributed by atoms with E-state index in [1.165, 1.54) is 19.3 Å². The Labute approximate surface area is 82.5 Å². The summed E-state index contributed by atoms with van der Waals surface area (Å²) in [6, 6.07) is 0. The van der Waals surface area contributed by atoms with E-state index in [0.717, 1.165) is 19.3 Å². The predicted octanol–water partition coefficient (Wildman–Crippen LogP) is 3.36. The summed E-state index contributed by atoms with van der Waals surface area (Å²) in [5.41, 5.74) is -0.326. The van der Waals surface area contributed by atoms with Gasteiger partial charge in [-0.3, -0.25) is 0 Å². The smallest absolute Gasteiger partial charge is 0.0652 e. The molecule has 1 heteroatoms. The molecule has 1 rings (SSSR count). The third-order valence-electron chi connectivity index (χ3n) is 3.26. The van der Waals surface area contributed by atoms with E-state index in [4.69, 9.17) is 0 Å². The van der Waals surface area contributed by atoms with Crippen LogP contribution in [0.5, 0.6) is 0 Å². The summed E-state index contributed by atoms with van der Waals surface area (Å²) in [6.45, 7) is 6.73. The van der Waals surface area contributed by atoms with Crippen molar-refractivity contribution in [2.45, 2.75) is 64.9 Å². The first-order chi connectivity index (χ1) is 6.06. The van der Waals surface area contributed by atoms with Crippen LogP contribution in [0.4, 0.5) is 0 Å². The molecule has 0 saturated heterocycles. The minimum atomic E-state index is -0.326. The Morgan fingerprint density at radius 3 is 2.23 bits per heavy atom. The molecule has 0 aromatic heterocycles. The zero-order valence-electron chi connectivity index (χ0n) is 9.34. The third-order valence-corrected chi connectivity index (χ3v) is 3.26. The number of rotatable bonds is 3. The molecular weight excluding hydrogens is 160 g/mol. The maximum atomic E-state index is 10.3. The predicted molar refractivity (Wildman–Crippen MR) is 56.7 cm³/mol. The standard InChI is InChI=1S/C12H24O/c1-4-5-6-12(13)8-10(2)7-11(3)9-12/h10-11,13H,4-9H2,1-3H3. The maximum Gasteiger partial charge on any atom is 0.0652 e. The normalized spacial score (nSPS) is 40.6. The van der Waals surface area contributed by atoms with Gasteiger partial charge in [0.15, 0.2) is 0 Å². The first-order valence-corrected chi connectivity index (χ1v) is 5.78. The summed E-state index contributed by atoms with van der Waals surface area (Å²) in [7, 11) is 0. The Balaban J connectivity index is 2.45. The second-order valence-corrected chi connectivity index (χ2v) is 5.18. The van der Waals surface area contributed by atoms with Crippen LogP contribution in [-0.4, -0.2) is 10.7 Å². The number of aliphatic hydroxyl groups is 1. The molecule has 78 valence electrons. The SMILES string of the molecule is CCCCC1(O)CC(C)CC(C)C1. The van der Waals surface area contributed by atoms with E-state index in [0.29, 0.717) is 11.8 Å². The molecule has 1 saturated carbocycles. The molecule has 0 heterocycles. The van der Waals surface area contributed by atoms with Gasteiger partial charge in [-0.1, -0.05) is 33.6 Å². The van der Waals surface area contributed by atoms with Gasteiger partial charge in [-0.15, -0.1) is 0 Å². The summed E-state index contributed by atoms with van der Waals surface area (Å²) in [6.07, 6.45) is 6.74. The van der Waals surface area contributed by atoms with Gasteiger partial charge < -0.3 is 5.11 Å². The molecule has 1 nitrogen and oxygen atoms in total. The van der Waals surface area contributed by atoms with Crippen molar-refractivity contribution in [3.8, 4) is 0 Å². The van der Waals surface area contributed by atoms with E-state index in [1.54, 1.807) is 0 Å². The highest BCUT2D eigenvalue weighted by atomic mass is 16.3. The number of unbranched alkanes of at least 4 members (excludes halogenated alkanes) is 1. The van der Waals surface area contributed by atoms with Crippen LogP contribution < -0.4 is 0 Å². The van der Waals surface area contributed by atoms with Gasteiger partial charge in [-0.2, -0.15) is 0 Å². The van der Waals surface area contributed by atoms with Gasteiger partial charge in [0, 0.05) is 0 Å². The lowest BCUT2D eigenvalue weighted by Crippen LogP contribution is -2.37. The van der Waals surface area contributed by atoms with Crippen molar-refractivity contribution in [3.05, 3.63) is 0 Å². The van der Waals surface area contributed by atoms with E-state index in [1.807, 2.05) is 0 Å². The van der Waals surface area contributed by atoms with E-state index in [9.17, 15) is 5.11 Å². The van der Waals surface area contributed by atoms with E-state index >= 15 is 0 Å². The van der Waals surface area contributed by atoms with Crippen LogP contribution in [0.1, 0.15) is 59.3 Å². The van der Waals surface area contributed by atoms with Crippen LogP contribution in [0.2, 0.25) is 0 Å². The number of hydrogen-bond donors (Lipinski definition) is 1. The molecule has 2 atom stereocenters. The molecule has 1 N–H and O–H groups in total. The molecule has 0 amide bonds. The Hall–Kier alpha value is -0.0400. The maximum absolute atomic E-state index is 10.3. The molecule has 0 bridgehead atoms. The Bertz CT molecular complexity index is 143. The van der Waals surface area contributed by atoms with Crippen LogP contribution in [-0.2, 0) is 0 Å². The second-order valence-electron chi connectivity index (χ2n) is 5.18. The lowest BCUT2D eigenvalue weighted by molar-refractivity contribution is -0.0389. The second kappa shape index (κ2) is 4.45. The molecule has 0 aromatic rings. The van der Waals surface area contributed by atoms with Crippen LogP contribution in [0.3, 0.4) is 0 Å². The van der Waals surface area contributed by atoms with E-state index in [-0.39, 0.29) is 5.60 Å². The first-order valence-electron chi connectivity index (χ1n) is 5.78. The molecule has 13 heavy (non-hydrogen) atoms. The van der Waals surface area contributed by atoms with Gasteiger partial charge in [0.25, 0.3) is 0 Å². The van der Waals surface area contributed by atoms with Crippen LogP contribution in [0, 0.1) is 11.8 Å². The minimum Gasteiger partial charge on any atom is -0.390 e. The first kappa shape index (κ1) is 11.0. The zero-order chi connectivity index (χ0) is 9.90. The zero-order valence-corrected chi connectivity index (χ0v) is 9.34. The van der Waals surface area contributed by atoms with Crippen LogP contribution >= 0.6 is 0 Å². The number of hydrogen-bond acceptors (Lipinski definition) is 1. The Morgan fingerprint density at radius 1 is 1.23 bits per heavy atom. The summed E-state index contributed by atoms with van der Waals surface area (Å²) in [4.78, 5) is 0. The Morgan fingerprint density at radius 2 is 1.77 bits per heavy atom. The van der Waals surface area contributed by atoms with Gasteiger partial charge in [0.2, 0.25) is 0 Å². The van der Waals surface area contributed by atoms with Crippen molar-refractivity contribution < 1.29 is 5.11 Å². The van der Waals surface area contributed by atoms with Crippen molar-refractivity contribution in [3.63, 3.8) is 0 Å². The lowest BCUT2D eigenvalue weighted by atomic mass is 9.72. The molecule has 1 aliphatic rings. The highest BCUT2D eigenvalue weighted by Crippen LogP contribution is 2.38. The topological polar surface area (TPSA) is 20.2 Å². The van der Waals surface area contributed by atoms with E-state index in [2.05, 4.69) is 20.8 Å². The van der Waals surface area contributed by atoms with Gasteiger partial charge in [0.05, 0.1) is 5.60 Å². The molecule has 2 unspecified atom stereocenters. The molecule has 1 fully saturated rings. The highest BCUT2D eigenvalue weighted by molar-refractivity contribution is 4.87. The minimum absolute atomic E-state index is 0.326. The van der Waals surface area contributed by atoms with Gasteiger partial charge in [0.1, 0.15) is 0 Å². The van der Waals surface area contributed by atoms with Gasteiger partial charge in [-0.05, 0) is 37.5 Å². The van der Waals surface area contributed by atoms with Crippen LogP contribution in [0.15, 0.2) is 0 Å². The average Bonchev–Trinajstić information content (AvgIpc) is 1.98. The highest BCUT2D eigenvalue weighted by Gasteiger charge is 2.34. The fourth-order valence-electron chi connectivity index (χ4n) is 2.94. The van der Waals surface area contributed by atoms with Crippen molar-refractivity contribution in [2.24, 2.45) is 11.8 Å². The summed E-state index contributed by atoms with van der Waals surface area (Å²) < 4.78 is 0. The van der Waals surface area contributed by atoms with Crippen molar-refractivity contribution in [2.75, 3.05) is 0 Å². The molecule has 0 spiro atoms. The Kier molecular flexibility index (Phi) is 3.78. The quantitative estimate of drug-likeness (QED) is 0.713. The van der Waals surface area contributed by atoms with Gasteiger partial charge in [-0.25, -0.2) is 0 Å². The van der Waals surface area contributed by atoms with Gasteiger partial charge >= 0.3 is 0 Å². The van der Waals surface area contributed by atoms with Crippen molar-refractivity contribution in [1.29, 1.82) is 0 Å². The molecule has 0 aromatic carbocycles. The fraction of sp³-hybridized carbons (Fsp3) is 1.00. The molecule has 0 aliphatic heterocycles. The van der Waals surface area contributed by atoms with Crippen LogP contribution in [0.25, 0.3) is 0 Å². The molecular formula is C12H24O. The third kappa shape index (κ3) is 3.30. The molecule has 0 radical (unpaired) electrons. The summed E-state index contributed by atoms with van der Waals surface area (Å²) >= 11 is 0. The van der Waals surface area contributed by atoms with Crippen molar-refractivity contribution in [1.82, 2.24) is 0 Å². The summed E-state index contributed by atoms with van der Waals surface area (Å²) in [5.74, 6) is 1.43. The monoisotopic (exact) mass is 184 g/mol. The average molecular weight is 184 g/mol. The largest absolute Gasteiger partial charge is 0.390 e. The summed E-state index contributed by atoms with van der Waals surface area (Å²) in [5, 5.41) is 10.3. The van der Waals surface area contributed by atoms with E-state index < -0.39 is 0 Å².